The Hall–Kier alpha value is -1.22. The minimum absolute atomic E-state index is 0.0803. The lowest BCUT2D eigenvalue weighted by Crippen LogP contribution is -2.35. The first-order valence-corrected chi connectivity index (χ1v) is 6.18. The predicted octanol–water partition coefficient (Wildman–Crippen LogP) is 3.18. The van der Waals surface area contributed by atoms with Crippen molar-refractivity contribution in [2.75, 3.05) is 12.8 Å². The van der Waals surface area contributed by atoms with Crippen LogP contribution in [0.4, 0.5) is 5.69 Å². The average Bonchev–Trinajstić information content (AvgIpc) is 2.31. The number of nitrogens with zero attached hydrogens (tertiary/aromatic N) is 1. The molecule has 4 heteroatoms. The van der Waals surface area contributed by atoms with Crippen molar-refractivity contribution in [3.8, 4) is 0 Å². The molecule has 0 aliphatic carbocycles. The number of anilines is 1. The van der Waals surface area contributed by atoms with Crippen LogP contribution in [0.5, 0.6) is 0 Å². The van der Waals surface area contributed by atoms with Gasteiger partial charge in [0.1, 0.15) is 0 Å². The van der Waals surface area contributed by atoms with Gasteiger partial charge in [0.25, 0.3) is 5.91 Å². The lowest BCUT2D eigenvalue weighted by atomic mass is 10.1. The van der Waals surface area contributed by atoms with Crippen LogP contribution in [0.1, 0.15) is 37.0 Å². The first-order valence-electron chi connectivity index (χ1n) is 5.80. The molecule has 1 atom stereocenters. The molecule has 1 aromatic rings. The van der Waals surface area contributed by atoms with E-state index in [1.54, 1.807) is 30.1 Å². The number of halogens is 1. The van der Waals surface area contributed by atoms with Gasteiger partial charge in [-0.2, -0.15) is 0 Å². The summed E-state index contributed by atoms with van der Waals surface area (Å²) >= 11 is 6.04. The van der Waals surface area contributed by atoms with Crippen molar-refractivity contribution in [1.29, 1.82) is 0 Å². The molecule has 3 nitrogen and oxygen atoms in total. The second-order valence-corrected chi connectivity index (χ2v) is 4.64. The van der Waals surface area contributed by atoms with Crippen LogP contribution in [0, 0.1) is 0 Å². The molecular formula is C13H19ClN2O. The van der Waals surface area contributed by atoms with Gasteiger partial charge >= 0.3 is 0 Å². The fraction of sp³-hybridized carbons (Fsp3) is 0.462. The molecule has 0 saturated carbocycles. The Morgan fingerprint density at radius 3 is 2.76 bits per heavy atom. The molecule has 94 valence electrons. The van der Waals surface area contributed by atoms with E-state index in [1.807, 2.05) is 6.92 Å². The van der Waals surface area contributed by atoms with Crippen molar-refractivity contribution >= 4 is 23.2 Å². The van der Waals surface area contributed by atoms with E-state index in [0.29, 0.717) is 16.3 Å². The van der Waals surface area contributed by atoms with E-state index in [1.165, 1.54) is 0 Å². The third-order valence-corrected chi connectivity index (χ3v) is 3.37. The highest BCUT2D eigenvalue weighted by molar-refractivity contribution is 6.36. The Morgan fingerprint density at radius 1 is 1.53 bits per heavy atom. The minimum atomic E-state index is -0.0803. The molecule has 1 rings (SSSR count). The van der Waals surface area contributed by atoms with E-state index in [9.17, 15) is 4.79 Å². The van der Waals surface area contributed by atoms with E-state index in [4.69, 9.17) is 17.3 Å². The summed E-state index contributed by atoms with van der Waals surface area (Å²) in [5, 5.41) is 0.341. The normalized spacial score (nSPS) is 12.2. The van der Waals surface area contributed by atoms with E-state index in [0.717, 1.165) is 12.8 Å². The van der Waals surface area contributed by atoms with Crippen molar-refractivity contribution in [3.63, 3.8) is 0 Å². The molecular weight excluding hydrogens is 236 g/mol. The summed E-state index contributed by atoms with van der Waals surface area (Å²) in [5.74, 6) is -0.0803. The van der Waals surface area contributed by atoms with Gasteiger partial charge in [-0.3, -0.25) is 4.79 Å². The Kier molecular flexibility index (Phi) is 4.82. The Bertz CT molecular complexity index is 406. The summed E-state index contributed by atoms with van der Waals surface area (Å²) in [6.45, 7) is 4.13. The molecule has 0 bridgehead atoms. The summed E-state index contributed by atoms with van der Waals surface area (Å²) in [7, 11) is 1.79. The van der Waals surface area contributed by atoms with Crippen molar-refractivity contribution in [3.05, 3.63) is 28.8 Å². The van der Waals surface area contributed by atoms with Gasteiger partial charge in [0, 0.05) is 13.1 Å². The monoisotopic (exact) mass is 254 g/mol. The van der Waals surface area contributed by atoms with E-state index >= 15 is 0 Å². The molecule has 0 saturated heterocycles. The highest BCUT2D eigenvalue weighted by Crippen LogP contribution is 2.24. The molecule has 1 amide bonds. The second-order valence-electron chi connectivity index (χ2n) is 4.26. The summed E-state index contributed by atoms with van der Waals surface area (Å²) in [4.78, 5) is 13.9. The number of hydrogen-bond donors (Lipinski definition) is 1. The minimum Gasteiger partial charge on any atom is -0.398 e. The number of hydrogen-bond acceptors (Lipinski definition) is 2. The van der Waals surface area contributed by atoms with Crippen molar-refractivity contribution in [1.82, 2.24) is 4.90 Å². The zero-order valence-corrected chi connectivity index (χ0v) is 11.3. The maximum absolute atomic E-state index is 12.2. The molecule has 0 aliphatic heterocycles. The van der Waals surface area contributed by atoms with Gasteiger partial charge in [0.05, 0.1) is 16.3 Å². The number of benzene rings is 1. The molecule has 0 heterocycles. The highest BCUT2D eigenvalue weighted by Gasteiger charge is 2.19. The lowest BCUT2D eigenvalue weighted by Gasteiger charge is -2.25. The summed E-state index contributed by atoms with van der Waals surface area (Å²) < 4.78 is 0. The van der Waals surface area contributed by atoms with Crippen LogP contribution in [0.25, 0.3) is 0 Å². The number of carbonyl (C=O) groups is 1. The number of rotatable bonds is 4. The quantitative estimate of drug-likeness (QED) is 0.839. The zero-order valence-electron chi connectivity index (χ0n) is 10.5. The maximum atomic E-state index is 12.2. The molecule has 0 spiro atoms. The summed E-state index contributed by atoms with van der Waals surface area (Å²) in [6, 6.07) is 5.34. The van der Waals surface area contributed by atoms with Gasteiger partial charge in [-0.05, 0) is 25.5 Å². The standard InChI is InChI=1S/C13H19ClN2O/c1-4-6-9(2)16(3)13(17)10-7-5-8-11(15)12(10)14/h5,7-9H,4,6,15H2,1-3H3. The van der Waals surface area contributed by atoms with Crippen LogP contribution in [0.15, 0.2) is 18.2 Å². The van der Waals surface area contributed by atoms with Gasteiger partial charge < -0.3 is 10.6 Å². The number of amides is 1. The van der Waals surface area contributed by atoms with Crippen molar-refractivity contribution in [2.24, 2.45) is 0 Å². The smallest absolute Gasteiger partial charge is 0.255 e. The topological polar surface area (TPSA) is 46.3 Å². The first-order chi connectivity index (χ1) is 7.99. The first kappa shape index (κ1) is 13.8. The van der Waals surface area contributed by atoms with Gasteiger partial charge in [-0.25, -0.2) is 0 Å². The van der Waals surface area contributed by atoms with Gasteiger partial charge in [0.2, 0.25) is 0 Å². The molecule has 2 N–H and O–H groups in total. The van der Waals surface area contributed by atoms with Crippen LogP contribution >= 0.6 is 11.6 Å². The third kappa shape index (κ3) is 3.13. The molecule has 0 radical (unpaired) electrons. The third-order valence-electron chi connectivity index (χ3n) is 2.95. The molecule has 17 heavy (non-hydrogen) atoms. The fourth-order valence-corrected chi connectivity index (χ4v) is 1.92. The predicted molar refractivity (Wildman–Crippen MR) is 72.3 cm³/mol. The van der Waals surface area contributed by atoms with Crippen LogP contribution < -0.4 is 5.73 Å². The maximum Gasteiger partial charge on any atom is 0.255 e. The fourth-order valence-electron chi connectivity index (χ4n) is 1.72. The lowest BCUT2D eigenvalue weighted by molar-refractivity contribution is 0.0737. The largest absolute Gasteiger partial charge is 0.398 e. The summed E-state index contributed by atoms with van der Waals surface area (Å²) in [5.41, 5.74) is 6.60. The Labute approximate surface area is 108 Å². The van der Waals surface area contributed by atoms with E-state index in [-0.39, 0.29) is 11.9 Å². The summed E-state index contributed by atoms with van der Waals surface area (Å²) in [6.07, 6.45) is 2.02. The molecule has 0 aliphatic rings. The highest BCUT2D eigenvalue weighted by atomic mass is 35.5. The molecule has 0 fully saturated rings. The SMILES string of the molecule is CCCC(C)N(C)C(=O)c1cccc(N)c1Cl. The molecule has 0 aromatic heterocycles. The number of carbonyl (C=O) groups excluding carboxylic acids is 1. The van der Waals surface area contributed by atoms with Gasteiger partial charge in [0.15, 0.2) is 0 Å². The van der Waals surface area contributed by atoms with Crippen molar-refractivity contribution < 1.29 is 4.79 Å². The van der Waals surface area contributed by atoms with E-state index in [2.05, 4.69) is 6.92 Å². The second kappa shape index (κ2) is 5.92. The van der Waals surface area contributed by atoms with E-state index < -0.39 is 0 Å². The van der Waals surface area contributed by atoms with Gasteiger partial charge in [-0.15, -0.1) is 0 Å². The van der Waals surface area contributed by atoms with Crippen LogP contribution in [-0.4, -0.2) is 23.9 Å². The van der Waals surface area contributed by atoms with Crippen molar-refractivity contribution in [2.45, 2.75) is 32.7 Å². The zero-order chi connectivity index (χ0) is 13.0. The average molecular weight is 255 g/mol. The van der Waals surface area contributed by atoms with Gasteiger partial charge in [-0.1, -0.05) is 31.0 Å². The van der Waals surface area contributed by atoms with Crippen LogP contribution in [0.2, 0.25) is 5.02 Å². The number of nitrogens with two attached hydrogens (primary N) is 1. The molecule has 1 aromatic carbocycles. The van der Waals surface area contributed by atoms with Crippen LogP contribution in [-0.2, 0) is 0 Å². The number of nitrogen functional groups attached to an aromatic ring is 1. The molecule has 1 unspecified atom stereocenters. The Morgan fingerprint density at radius 2 is 2.18 bits per heavy atom. The Balaban J connectivity index is 2.93. The van der Waals surface area contributed by atoms with Crippen LogP contribution in [0.3, 0.4) is 0 Å².